The van der Waals surface area contributed by atoms with E-state index in [0.717, 1.165) is 0 Å². The number of aliphatic hydroxyl groups excluding tert-OH is 3. The highest BCUT2D eigenvalue weighted by Gasteiger charge is 2.44. The van der Waals surface area contributed by atoms with Crippen molar-refractivity contribution in [2.45, 2.75) is 24.5 Å². The topological polar surface area (TPSA) is 153 Å². The molecule has 10 nitrogen and oxygen atoms in total. The number of H-pyrrole nitrogens is 2. The summed E-state index contributed by atoms with van der Waals surface area (Å²) in [5.41, 5.74) is -1.44. The zero-order chi connectivity index (χ0) is 14.4. The van der Waals surface area contributed by atoms with E-state index in [-0.39, 0.29) is 11.2 Å². The lowest BCUT2D eigenvalue weighted by molar-refractivity contribution is -0.0562. The van der Waals surface area contributed by atoms with Gasteiger partial charge in [-0.25, -0.2) is 14.3 Å². The van der Waals surface area contributed by atoms with Crippen LogP contribution in [-0.4, -0.2) is 59.8 Å². The van der Waals surface area contributed by atoms with Gasteiger partial charge in [-0.05, 0) is 0 Å². The highest BCUT2D eigenvalue weighted by atomic mass is 16.6. The molecule has 0 aliphatic carbocycles. The molecule has 5 N–H and O–H groups in total. The van der Waals surface area contributed by atoms with Crippen LogP contribution in [0.2, 0.25) is 0 Å². The second-order valence-electron chi connectivity index (χ2n) is 4.46. The second kappa shape index (κ2) is 4.52. The quantitative estimate of drug-likeness (QED) is 0.394. The van der Waals surface area contributed by atoms with Gasteiger partial charge >= 0.3 is 5.69 Å². The fraction of sp³-hybridized carbons (Fsp3) is 0.500. The van der Waals surface area contributed by atoms with Crippen LogP contribution in [-0.2, 0) is 4.74 Å². The third kappa shape index (κ3) is 1.70. The average Bonchev–Trinajstić information content (AvgIpc) is 2.98. The standard InChI is InChI=1S/C10H12N4O6/c15-1-3-5(16)6(17)9(20-3)14-8(18)4-7(12-2-11-4)13-10(14)19/h2-3,5-6,9,15-17H,1H2,(H,11,12)(H,13,19)/t3-,5-,6-,9-/m1/s1. The van der Waals surface area contributed by atoms with Crippen LogP contribution in [0.5, 0.6) is 0 Å². The Hall–Kier alpha value is -2.01. The number of ether oxygens (including phenoxy) is 1. The van der Waals surface area contributed by atoms with Gasteiger partial charge in [0.2, 0.25) is 0 Å². The fourth-order valence-corrected chi connectivity index (χ4v) is 2.25. The Morgan fingerprint density at radius 3 is 2.75 bits per heavy atom. The van der Waals surface area contributed by atoms with E-state index in [1.54, 1.807) is 0 Å². The van der Waals surface area contributed by atoms with Crippen molar-refractivity contribution in [3.63, 3.8) is 0 Å². The molecule has 0 aromatic carbocycles. The lowest BCUT2D eigenvalue weighted by atomic mass is 10.1. The number of aliphatic hydroxyl groups is 3. The number of imidazole rings is 1. The highest BCUT2D eigenvalue weighted by molar-refractivity contribution is 5.67. The van der Waals surface area contributed by atoms with Gasteiger partial charge in [0.05, 0.1) is 12.9 Å². The van der Waals surface area contributed by atoms with Gasteiger partial charge in [0.15, 0.2) is 11.9 Å². The normalized spacial score (nSPS) is 30.1. The van der Waals surface area contributed by atoms with E-state index in [2.05, 4.69) is 15.0 Å². The van der Waals surface area contributed by atoms with Crippen molar-refractivity contribution in [3.8, 4) is 0 Å². The molecule has 1 aliphatic rings. The van der Waals surface area contributed by atoms with Crippen molar-refractivity contribution in [1.82, 2.24) is 19.5 Å². The van der Waals surface area contributed by atoms with Crippen molar-refractivity contribution >= 4 is 11.2 Å². The number of aromatic nitrogens is 4. The van der Waals surface area contributed by atoms with Gasteiger partial charge in [0.1, 0.15) is 23.8 Å². The molecule has 1 fully saturated rings. The minimum absolute atomic E-state index is 0.0438. The summed E-state index contributed by atoms with van der Waals surface area (Å²) in [6, 6.07) is 0. The zero-order valence-electron chi connectivity index (χ0n) is 10.1. The summed E-state index contributed by atoms with van der Waals surface area (Å²) in [5.74, 6) is 0. The van der Waals surface area contributed by atoms with E-state index in [9.17, 15) is 19.8 Å². The summed E-state index contributed by atoms with van der Waals surface area (Å²) in [6.45, 7) is -0.548. The van der Waals surface area contributed by atoms with Crippen LogP contribution in [0.15, 0.2) is 15.9 Å². The highest BCUT2D eigenvalue weighted by Crippen LogP contribution is 2.27. The molecular weight excluding hydrogens is 272 g/mol. The summed E-state index contributed by atoms with van der Waals surface area (Å²) >= 11 is 0. The molecule has 0 unspecified atom stereocenters. The van der Waals surface area contributed by atoms with Crippen LogP contribution in [0.1, 0.15) is 6.23 Å². The third-order valence-electron chi connectivity index (χ3n) is 3.29. The van der Waals surface area contributed by atoms with Crippen LogP contribution in [0.4, 0.5) is 0 Å². The smallest absolute Gasteiger partial charge is 0.332 e. The molecule has 1 saturated heterocycles. The first kappa shape index (κ1) is 13.0. The minimum Gasteiger partial charge on any atom is -0.394 e. The first-order valence-electron chi connectivity index (χ1n) is 5.85. The summed E-state index contributed by atoms with van der Waals surface area (Å²) < 4.78 is 5.81. The van der Waals surface area contributed by atoms with Gasteiger partial charge in [-0.1, -0.05) is 0 Å². The molecule has 4 atom stereocenters. The van der Waals surface area contributed by atoms with Crippen LogP contribution in [0, 0.1) is 0 Å². The lowest BCUT2D eigenvalue weighted by Gasteiger charge is -2.16. The van der Waals surface area contributed by atoms with Crippen LogP contribution in [0.25, 0.3) is 11.2 Å². The SMILES string of the molecule is O=c1[nH]c2nc[nH]c2c(=O)n1[C@@H]1O[C@H](CO)[C@@H](O)[C@H]1O. The van der Waals surface area contributed by atoms with Crippen LogP contribution >= 0.6 is 0 Å². The van der Waals surface area contributed by atoms with E-state index >= 15 is 0 Å². The molecule has 3 rings (SSSR count). The van der Waals surface area contributed by atoms with Gasteiger partial charge in [-0.3, -0.25) is 9.78 Å². The number of nitrogens with one attached hydrogen (secondary N) is 2. The summed E-state index contributed by atoms with van der Waals surface area (Å²) in [7, 11) is 0. The number of fused-ring (bicyclic) bond motifs is 1. The number of nitrogens with zero attached hydrogens (tertiary/aromatic N) is 2. The average molecular weight is 284 g/mol. The van der Waals surface area contributed by atoms with Crippen molar-refractivity contribution in [1.29, 1.82) is 0 Å². The van der Waals surface area contributed by atoms with Crippen molar-refractivity contribution < 1.29 is 20.1 Å². The molecule has 2 aromatic heterocycles. The first-order valence-corrected chi connectivity index (χ1v) is 5.85. The largest absolute Gasteiger partial charge is 0.394 e. The Morgan fingerprint density at radius 2 is 2.10 bits per heavy atom. The zero-order valence-corrected chi connectivity index (χ0v) is 10.1. The molecule has 0 amide bonds. The Labute approximate surface area is 110 Å². The Balaban J connectivity index is 2.15. The number of hydrogen-bond acceptors (Lipinski definition) is 7. The maximum atomic E-state index is 12.2. The molecule has 2 aromatic rings. The Morgan fingerprint density at radius 1 is 1.35 bits per heavy atom. The van der Waals surface area contributed by atoms with E-state index in [1.165, 1.54) is 6.33 Å². The predicted molar refractivity (Wildman–Crippen MR) is 64.0 cm³/mol. The van der Waals surface area contributed by atoms with Crippen LogP contribution in [0.3, 0.4) is 0 Å². The second-order valence-corrected chi connectivity index (χ2v) is 4.46. The maximum absolute atomic E-state index is 12.2. The van der Waals surface area contributed by atoms with Gasteiger partial charge in [0, 0.05) is 0 Å². The van der Waals surface area contributed by atoms with Gasteiger partial charge in [-0.2, -0.15) is 0 Å². The van der Waals surface area contributed by atoms with E-state index in [0.29, 0.717) is 4.57 Å². The first-order chi connectivity index (χ1) is 9.54. The molecule has 10 heteroatoms. The molecule has 0 saturated carbocycles. The van der Waals surface area contributed by atoms with Crippen molar-refractivity contribution in [2.75, 3.05) is 6.61 Å². The lowest BCUT2D eigenvalue weighted by Crippen LogP contribution is -2.42. The molecular formula is C10H12N4O6. The van der Waals surface area contributed by atoms with E-state index in [1.807, 2.05) is 0 Å². The number of rotatable bonds is 2. The Kier molecular flexibility index (Phi) is 2.94. The van der Waals surface area contributed by atoms with Crippen molar-refractivity contribution in [2.24, 2.45) is 0 Å². The summed E-state index contributed by atoms with van der Waals surface area (Å²) in [5, 5.41) is 28.5. The molecule has 3 heterocycles. The van der Waals surface area contributed by atoms with Crippen LogP contribution < -0.4 is 11.2 Å². The summed E-state index contributed by atoms with van der Waals surface area (Å²) in [6.07, 6.45) is -4.12. The molecule has 20 heavy (non-hydrogen) atoms. The number of aromatic amines is 2. The summed E-state index contributed by atoms with van der Waals surface area (Å²) in [4.78, 5) is 32.8. The fourth-order valence-electron chi connectivity index (χ4n) is 2.25. The third-order valence-corrected chi connectivity index (χ3v) is 3.29. The Bertz CT molecular complexity index is 748. The molecule has 108 valence electrons. The van der Waals surface area contributed by atoms with E-state index in [4.69, 9.17) is 9.84 Å². The monoisotopic (exact) mass is 284 g/mol. The van der Waals surface area contributed by atoms with Gasteiger partial charge in [-0.15, -0.1) is 0 Å². The number of hydrogen-bond donors (Lipinski definition) is 5. The maximum Gasteiger partial charge on any atom is 0.332 e. The van der Waals surface area contributed by atoms with Gasteiger partial charge < -0.3 is 25.0 Å². The van der Waals surface area contributed by atoms with Gasteiger partial charge in [0.25, 0.3) is 5.56 Å². The molecule has 0 bridgehead atoms. The predicted octanol–water partition coefficient (Wildman–Crippen LogP) is -2.98. The molecule has 0 spiro atoms. The molecule has 0 radical (unpaired) electrons. The molecule has 1 aliphatic heterocycles. The van der Waals surface area contributed by atoms with Crippen molar-refractivity contribution in [3.05, 3.63) is 27.2 Å². The van der Waals surface area contributed by atoms with E-state index < -0.39 is 42.4 Å². The minimum atomic E-state index is -1.51.